The highest BCUT2D eigenvalue weighted by Crippen LogP contribution is 2.26. The molecule has 2 heterocycles. The third kappa shape index (κ3) is 3.63. The molecule has 0 bridgehead atoms. The van der Waals surface area contributed by atoms with Crippen molar-refractivity contribution in [1.82, 2.24) is 14.9 Å². The highest BCUT2D eigenvalue weighted by molar-refractivity contribution is 5.88. The first-order valence-electron chi connectivity index (χ1n) is 9.54. The van der Waals surface area contributed by atoms with Gasteiger partial charge in [0, 0.05) is 38.6 Å². The normalized spacial score (nSPS) is 15.5. The lowest BCUT2D eigenvalue weighted by Gasteiger charge is -2.36. The highest BCUT2D eigenvalue weighted by Gasteiger charge is 2.26. The van der Waals surface area contributed by atoms with E-state index in [0.29, 0.717) is 13.1 Å². The fraction of sp³-hybridized carbons (Fsp3) is 0.318. The van der Waals surface area contributed by atoms with Gasteiger partial charge >= 0.3 is 0 Å². The van der Waals surface area contributed by atoms with E-state index in [1.807, 2.05) is 42.2 Å². The van der Waals surface area contributed by atoms with Crippen LogP contribution in [0.4, 0.5) is 5.95 Å². The van der Waals surface area contributed by atoms with Gasteiger partial charge < -0.3 is 14.5 Å². The number of rotatable bonds is 4. The maximum Gasteiger partial charge on any atom is 0.229 e. The molecule has 144 valence electrons. The van der Waals surface area contributed by atoms with Gasteiger partial charge in [0.25, 0.3) is 0 Å². The largest absolute Gasteiger partial charge is 0.497 e. The minimum absolute atomic E-state index is 0.168. The maximum absolute atomic E-state index is 13.0. The number of piperazine rings is 1. The Morgan fingerprint density at radius 1 is 1.00 bits per heavy atom. The minimum Gasteiger partial charge on any atom is -0.497 e. The summed E-state index contributed by atoms with van der Waals surface area (Å²) in [6.45, 7) is 4.86. The molecule has 1 aliphatic rings. The summed E-state index contributed by atoms with van der Waals surface area (Å²) in [7, 11) is 1.67. The molecular formula is C22H24N4O2. The molecule has 0 unspecified atom stereocenters. The van der Waals surface area contributed by atoms with E-state index in [-0.39, 0.29) is 11.8 Å². The molecule has 1 saturated heterocycles. The van der Waals surface area contributed by atoms with Crippen LogP contribution >= 0.6 is 0 Å². The molecule has 1 aliphatic heterocycles. The van der Waals surface area contributed by atoms with Crippen molar-refractivity contribution in [2.45, 2.75) is 12.8 Å². The molecule has 1 aromatic heterocycles. The lowest BCUT2D eigenvalue weighted by molar-refractivity contribution is -0.132. The predicted octanol–water partition coefficient (Wildman–Crippen LogP) is 3.09. The summed E-state index contributed by atoms with van der Waals surface area (Å²) in [5.41, 5.74) is 1.04. The van der Waals surface area contributed by atoms with Gasteiger partial charge in [0.1, 0.15) is 5.75 Å². The molecule has 0 N–H and O–H groups in total. The van der Waals surface area contributed by atoms with Crippen LogP contribution in [-0.4, -0.2) is 54.1 Å². The molecule has 6 heteroatoms. The summed E-state index contributed by atoms with van der Waals surface area (Å²) in [5, 5.41) is 2.23. The summed E-state index contributed by atoms with van der Waals surface area (Å²) in [4.78, 5) is 25.7. The fourth-order valence-electron chi connectivity index (χ4n) is 3.64. The zero-order chi connectivity index (χ0) is 19.5. The number of amides is 1. The number of carbonyl (C=O) groups is 1. The van der Waals surface area contributed by atoms with Gasteiger partial charge in [-0.05, 0) is 41.5 Å². The lowest BCUT2D eigenvalue weighted by atomic mass is 9.96. The Bertz CT molecular complexity index is 969. The number of ether oxygens (including phenoxy) is 1. The molecule has 2 aromatic carbocycles. The molecule has 4 rings (SSSR count). The van der Waals surface area contributed by atoms with Crippen LogP contribution in [0.15, 0.2) is 54.9 Å². The second-order valence-electron chi connectivity index (χ2n) is 7.06. The first-order valence-corrected chi connectivity index (χ1v) is 9.54. The summed E-state index contributed by atoms with van der Waals surface area (Å²) < 4.78 is 5.28. The summed E-state index contributed by atoms with van der Waals surface area (Å²) >= 11 is 0. The van der Waals surface area contributed by atoms with Crippen LogP contribution in [-0.2, 0) is 4.79 Å². The Morgan fingerprint density at radius 2 is 1.68 bits per heavy atom. The highest BCUT2D eigenvalue weighted by atomic mass is 16.5. The van der Waals surface area contributed by atoms with E-state index in [1.165, 1.54) is 0 Å². The van der Waals surface area contributed by atoms with Crippen LogP contribution in [0.5, 0.6) is 5.75 Å². The van der Waals surface area contributed by atoms with Gasteiger partial charge in [-0.1, -0.05) is 24.3 Å². The molecule has 28 heavy (non-hydrogen) atoms. The summed E-state index contributed by atoms with van der Waals surface area (Å²) in [6, 6.07) is 14.0. The quantitative estimate of drug-likeness (QED) is 0.700. The zero-order valence-corrected chi connectivity index (χ0v) is 16.2. The van der Waals surface area contributed by atoms with Gasteiger partial charge in [-0.2, -0.15) is 0 Å². The molecule has 6 nitrogen and oxygen atoms in total. The summed E-state index contributed by atoms with van der Waals surface area (Å²) in [5.74, 6) is 1.56. The first kappa shape index (κ1) is 18.2. The number of carbonyl (C=O) groups excluding carboxylic acids is 1. The van der Waals surface area contributed by atoms with E-state index in [0.717, 1.165) is 41.1 Å². The molecule has 3 aromatic rings. The van der Waals surface area contributed by atoms with Crippen molar-refractivity contribution in [2.24, 2.45) is 0 Å². The van der Waals surface area contributed by atoms with Crippen LogP contribution in [0.1, 0.15) is 18.4 Å². The van der Waals surface area contributed by atoms with E-state index in [4.69, 9.17) is 4.74 Å². The number of benzene rings is 2. The van der Waals surface area contributed by atoms with Crippen LogP contribution in [0.25, 0.3) is 10.8 Å². The third-order valence-electron chi connectivity index (χ3n) is 5.37. The Kier molecular flexibility index (Phi) is 5.10. The lowest BCUT2D eigenvalue weighted by Crippen LogP contribution is -2.50. The average Bonchev–Trinajstić information content (AvgIpc) is 2.78. The number of aromatic nitrogens is 2. The predicted molar refractivity (Wildman–Crippen MR) is 110 cm³/mol. The third-order valence-corrected chi connectivity index (χ3v) is 5.37. The van der Waals surface area contributed by atoms with Crippen molar-refractivity contribution in [3.63, 3.8) is 0 Å². The second-order valence-corrected chi connectivity index (χ2v) is 7.06. The molecule has 0 aliphatic carbocycles. The molecule has 0 saturated carbocycles. The molecule has 0 radical (unpaired) electrons. The van der Waals surface area contributed by atoms with Crippen molar-refractivity contribution >= 4 is 22.6 Å². The number of anilines is 1. The fourth-order valence-corrected chi connectivity index (χ4v) is 3.64. The number of fused-ring (bicyclic) bond motifs is 1. The van der Waals surface area contributed by atoms with Crippen molar-refractivity contribution in [3.05, 3.63) is 60.4 Å². The Hall–Kier alpha value is -3.15. The Balaban J connectivity index is 1.44. The van der Waals surface area contributed by atoms with Crippen LogP contribution < -0.4 is 9.64 Å². The van der Waals surface area contributed by atoms with Crippen molar-refractivity contribution in [1.29, 1.82) is 0 Å². The van der Waals surface area contributed by atoms with Crippen LogP contribution in [0, 0.1) is 0 Å². The van der Waals surface area contributed by atoms with Gasteiger partial charge in [-0.15, -0.1) is 0 Å². The first-order chi connectivity index (χ1) is 13.7. The smallest absolute Gasteiger partial charge is 0.229 e. The number of hydrogen-bond acceptors (Lipinski definition) is 5. The van der Waals surface area contributed by atoms with Gasteiger partial charge in [0.05, 0.1) is 13.0 Å². The van der Waals surface area contributed by atoms with E-state index in [9.17, 15) is 4.79 Å². The molecule has 1 atom stereocenters. The van der Waals surface area contributed by atoms with E-state index >= 15 is 0 Å². The monoisotopic (exact) mass is 376 g/mol. The Labute approximate surface area is 164 Å². The number of nitrogens with zero attached hydrogens (tertiary/aromatic N) is 4. The van der Waals surface area contributed by atoms with Gasteiger partial charge in [0.15, 0.2) is 0 Å². The second kappa shape index (κ2) is 7.84. The summed E-state index contributed by atoms with van der Waals surface area (Å²) in [6.07, 6.45) is 3.49. The molecule has 1 fully saturated rings. The van der Waals surface area contributed by atoms with Crippen LogP contribution in [0.2, 0.25) is 0 Å². The van der Waals surface area contributed by atoms with Crippen LogP contribution in [0.3, 0.4) is 0 Å². The minimum atomic E-state index is -0.175. The number of hydrogen-bond donors (Lipinski definition) is 0. The average molecular weight is 376 g/mol. The molecule has 0 spiro atoms. The maximum atomic E-state index is 13.0. The van der Waals surface area contributed by atoms with E-state index in [1.54, 1.807) is 19.5 Å². The SMILES string of the molecule is COc1ccc2cc([C@H](C)C(=O)N3CCN(c4ncccn4)CC3)ccc2c1. The van der Waals surface area contributed by atoms with E-state index < -0.39 is 0 Å². The molecular weight excluding hydrogens is 352 g/mol. The van der Waals surface area contributed by atoms with Crippen molar-refractivity contribution in [2.75, 3.05) is 38.2 Å². The molecule has 1 amide bonds. The Morgan fingerprint density at radius 3 is 2.39 bits per heavy atom. The van der Waals surface area contributed by atoms with Crippen molar-refractivity contribution < 1.29 is 9.53 Å². The van der Waals surface area contributed by atoms with E-state index in [2.05, 4.69) is 27.0 Å². The van der Waals surface area contributed by atoms with Gasteiger partial charge in [0.2, 0.25) is 11.9 Å². The standard InChI is InChI=1S/C22H24N4O2/c1-16(17-4-5-19-15-20(28-2)7-6-18(19)14-17)21(27)25-10-12-26(13-11-25)22-23-8-3-9-24-22/h3-9,14-16H,10-13H2,1-2H3/t16-/m0/s1. The topological polar surface area (TPSA) is 58.6 Å². The van der Waals surface area contributed by atoms with Crippen molar-refractivity contribution in [3.8, 4) is 5.75 Å². The number of methoxy groups -OCH3 is 1. The zero-order valence-electron chi connectivity index (χ0n) is 16.2. The van der Waals surface area contributed by atoms with Gasteiger partial charge in [-0.25, -0.2) is 9.97 Å². The van der Waals surface area contributed by atoms with Gasteiger partial charge in [-0.3, -0.25) is 4.79 Å².